The zero-order valence-electron chi connectivity index (χ0n) is 17.9. The van der Waals surface area contributed by atoms with Crippen molar-refractivity contribution in [2.24, 2.45) is 0 Å². The van der Waals surface area contributed by atoms with Gasteiger partial charge in [0.2, 0.25) is 0 Å². The molecular weight excluding hydrogens is 439 g/mol. The molecule has 5 aromatic rings. The number of ketones is 1. The Morgan fingerprint density at radius 3 is 2.12 bits per heavy atom. The maximum absolute atomic E-state index is 13.5. The molecule has 2 aromatic heterocycles. The lowest BCUT2D eigenvalue weighted by Gasteiger charge is -2.13. The molecule has 0 aliphatic heterocycles. The van der Waals surface area contributed by atoms with Crippen molar-refractivity contribution in [3.8, 4) is 28.1 Å². The van der Waals surface area contributed by atoms with Crippen LogP contribution < -0.4 is 0 Å². The first-order valence-corrected chi connectivity index (χ1v) is 10.6. The van der Waals surface area contributed by atoms with E-state index in [9.17, 15) is 18.0 Å². The number of fused-ring (bicyclic) bond motifs is 4. The normalized spacial score (nSPS) is 12.8. The van der Waals surface area contributed by atoms with E-state index in [0.717, 1.165) is 17.8 Å². The highest BCUT2D eigenvalue weighted by Gasteiger charge is 2.35. The smallest absolute Gasteiger partial charge is 0.288 e. The fraction of sp³-hybridized carbons (Fsp3) is 0.0741. The average molecular weight is 455 g/mol. The Labute approximate surface area is 192 Å². The number of benzene rings is 3. The van der Waals surface area contributed by atoms with Crippen LogP contribution in [0.25, 0.3) is 39.1 Å². The number of aromatic nitrogens is 3. The molecule has 0 amide bonds. The van der Waals surface area contributed by atoms with Gasteiger partial charge >= 0.3 is 6.18 Å². The molecule has 1 aliphatic rings. The van der Waals surface area contributed by atoms with E-state index in [1.165, 1.54) is 12.1 Å². The van der Waals surface area contributed by atoms with E-state index in [1.807, 2.05) is 49.4 Å². The Balaban J connectivity index is 1.72. The minimum Gasteiger partial charge on any atom is -0.288 e. The number of para-hydroxylation sites is 1. The second kappa shape index (κ2) is 7.12. The van der Waals surface area contributed by atoms with Gasteiger partial charge in [-0.1, -0.05) is 54.6 Å². The first-order chi connectivity index (χ1) is 16.3. The van der Waals surface area contributed by atoms with Crippen LogP contribution in [-0.2, 0) is 6.18 Å². The van der Waals surface area contributed by atoms with Gasteiger partial charge in [-0.2, -0.15) is 18.3 Å². The van der Waals surface area contributed by atoms with Crippen LogP contribution in [0, 0.1) is 6.92 Å². The zero-order chi connectivity index (χ0) is 23.6. The maximum Gasteiger partial charge on any atom is 0.416 e. The quantitative estimate of drug-likeness (QED) is 0.295. The maximum atomic E-state index is 13.5. The van der Waals surface area contributed by atoms with E-state index in [0.29, 0.717) is 50.2 Å². The number of halogens is 3. The van der Waals surface area contributed by atoms with Gasteiger partial charge in [0, 0.05) is 16.7 Å². The number of carbonyl (C=O) groups is 1. The number of hydrogen-bond donors (Lipinski definition) is 0. The van der Waals surface area contributed by atoms with Crippen molar-refractivity contribution >= 4 is 16.8 Å². The number of pyridine rings is 1. The highest BCUT2D eigenvalue weighted by molar-refractivity contribution is 6.26. The first kappa shape index (κ1) is 20.4. The summed E-state index contributed by atoms with van der Waals surface area (Å²) in [6.45, 7) is 1.82. The molecule has 0 radical (unpaired) electrons. The van der Waals surface area contributed by atoms with Crippen molar-refractivity contribution in [1.29, 1.82) is 0 Å². The Morgan fingerprint density at radius 2 is 1.44 bits per heavy atom. The molecule has 6 rings (SSSR count). The highest BCUT2D eigenvalue weighted by atomic mass is 19.4. The van der Waals surface area contributed by atoms with E-state index in [-0.39, 0.29) is 5.78 Å². The minimum atomic E-state index is -4.45. The fourth-order valence-corrected chi connectivity index (χ4v) is 4.62. The van der Waals surface area contributed by atoms with Crippen molar-refractivity contribution in [3.05, 3.63) is 101 Å². The second-order valence-electron chi connectivity index (χ2n) is 8.19. The van der Waals surface area contributed by atoms with Crippen LogP contribution in [0.15, 0.2) is 78.9 Å². The Hall–Kier alpha value is -4.26. The predicted octanol–water partition coefficient (Wildman–Crippen LogP) is 6.63. The van der Waals surface area contributed by atoms with Gasteiger partial charge in [-0.05, 0) is 36.8 Å². The molecule has 166 valence electrons. The molecule has 0 saturated heterocycles. The first-order valence-electron chi connectivity index (χ1n) is 10.6. The second-order valence-corrected chi connectivity index (χ2v) is 8.19. The Kier molecular flexibility index (Phi) is 4.26. The van der Waals surface area contributed by atoms with Crippen molar-refractivity contribution in [3.63, 3.8) is 0 Å². The van der Waals surface area contributed by atoms with Crippen molar-refractivity contribution in [2.45, 2.75) is 13.1 Å². The van der Waals surface area contributed by atoms with Crippen LogP contribution in [0.1, 0.15) is 27.2 Å². The van der Waals surface area contributed by atoms with Crippen LogP contribution in [0.4, 0.5) is 13.2 Å². The van der Waals surface area contributed by atoms with E-state index < -0.39 is 11.7 Å². The summed E-state index contributed by atoms with van der Waals surface area (Å²) in [7, 11) is 0. The summed E-state index contributed by atoms with van der Waals surface area (Å²) in [6.07, 6.45) is -4.45. The summed E-state index contributed by atoms with van der Waals surface area (Å²) in [5.41, 5.74) is 4.43. The largest absolute Gasteiger partial charge is 0.416 e. The van der Waals surface area contributed by atoms with Crippen LogP contribution >= 0.6 is 0 Å². The molecular formula is C27H16F3N3O. The highest BCUT2D eigenvalue weighted by Crippen LogP contribution is 2.45. The standard InChI is InChI=1S/C27H16F3N3O/c1-15-21-22(16-11-13-17(14-12-16)27(28,29)30)23-24(19-9-5-6-10-20(19)25(23)34)31-26(21)33(32-15)18-7-3-2-4-8-18/h2-14H,1H3. The molecule has 0 bridgehead atoms. The van der Waals surface area contributed by atoms with Crippen LogP contribution in [-0.4, -0.2) is 20.5 Å². The monoisotopic (exact) mass is 455 g/mol. The number of rotatable bonds is 2. The van der Waals surface area contributed by atoms with Gasteiger partial charge in [-0.25, -0.2) is 9.67 Å². The molecule has 2 heterocycles. The lowest BCUT2D eigenvalue weighted by molar-refractivity contribution is -0.137. The molecule has 0 atom stereocenters. The number of nitrogens with zero attached hydrogens (tertiary/aromatic N) is 3. The number of carbonyl (C=O) groups excluding carboxylic acids is 1. The summed E-state index contributed by atoms with van der Waals surface area (Å²) < 4.78 is 41.4. The third-order valence-electron chi connectivity index (χ3n) is 6.15. The Morgan fingerprint density at radius 1 is 0.794 bits per heavy atom. The number of aryl methyl sites for hydroxylation is 1. The summed E-state index contributed by atoms with van der Waals surface area (Å²) in [6, 6.07) is 21.6. The van der Waals surface area contributed by atoms with Gasteiger partial charge in [0.05, 0.1) is 33.6 Å². The lowest BCUT2D eigenvalue weighted by atomic mass is 9.93. The van der Waals surface area contributed by atoms with Gasteiger partial charge in [0.15, 0.2) is 11.4 Å². The van der Waals surface area contributed by atoms with Crippen molar-refractivity contribution in [2.75, 3.05) is 0 Å². The van der Waals surface area contributed by atoms with Crippen molar-refractivity contribution < 1.29 is 18.0 Å². The third kappa shape index (κ3) is 2.90. The SMILES string of the molecule is Cc1nn(-c2ccccc2)c2nc3c(c(-c4ccc(C(F)(F)F)cc4)c12)C(=O)c1ccccc1-3. The van der Waals surface area contributed by atoms with E-state index >= 15 is 0 Å². The zero-order valence-corrected chi connectivity index (χ0v) is 17.9. The molecule has 3 aromatic carbocycles. The van der Waals surface area contributed by atoms with Crippen LogP contribution in [0.5, 0.6) is 0 Å². The number of alkyl halides is 3. The van der Waals surface area contributed by atoms with Crippen LogP contribution in [0.3, 0.4) is 0 Å². The summed E-state index contributed by atoms with van der Waals surface area (Å²) >= 11 is 0. The molecule has 0 N–H and O–H groups in total. The molecule has 7 heteroatoms. The van der Waals surface area contributed by atoms with Gasteiger partial charge in [-0.15, -0.1) is 0 Å². The molecule has 0 saturated carbocycles. The molecule has 4 nitrogen and oxygen atoms in total. The van der Waals surface area contributed by atoms with Gasteiger partial charge in [-0.3, -0.25) is 4.79 Å². The van der Waals surface area contributed by atoms with Gasteiger partial charge in [0.1, 0.15) is 0 Å². The molecule has 0 spiro atoms. The van der Waals surface area contributed by atoms with Gasteiger partial charge in [0.25, 0.3) is 0 Å². The van der Waals surface area contributed by atoms with E-state index in [2.05, 4.69) is 5.10 Å². The molecule has 34 heavy (non-hydrogen) atoms. The summed E-state index contributed by atoms with van der Waals surface area (Å²) in [5, 5.41) is 5.33. The van der Waals surface area contributed by atoms with E-state index in [1.54, 1.807) is 16.8 Å². The molecule has 0 unspecified atom stereocenters. The average Bonchev–Trinajstić information content (AvgIpc) is 3.33. The van der Waals surface area contributed by atoms with Crippen molar-refractivity contribution in [1.82, 2.24) is 14.8 Å². The third-order valence-corrected chi connectivity index (χ3v) is 6.15. The molecule has 1 aliphatic carbocycles. The predicted molar refractivity (Wildman–Crippen MR) is 123 cm³/mol. The minimum absolute atomic E-state index is 0.193. The number of hydrogen-bond acceptors (Lipinski definition) is 3. The lowest BCUT2D eigenvalue weighted by Crippen LogP contribution is -2.05. The molecule has 0 fully saturated rings. The topological polar surface area (TPSA) is 47.8 Å². The fourth-order valence-electron chi connectivity index (χ4n) is 4.62. The van der Waals surface area contributed by atoms with E-state index in [4.69, 9.17) is 4.98 Å². The summed E-state index contributed by atoms with van der Waals surface area (Å²) in [5.74, 6) is -0.193. The Bertz CT molecular complexity index is 1600. The van der Waals surface area contributed by atoms with Gasteiger partial charge < -0.3 is 0 Å². The summed E-state index contributed by atoms with van der Waals surface area (Å²) in [4.78, 5) is 18.4. The van der Waals surface area contributed by atoms with Crippen LogP contribution in [0.2, 0.25) is 0 Å².